The van der Waals surface area contributed by atoms with Gasteiger partial charge in [0.2, 0.25) is 18.7 Å². The molecule has 1 fully saturated rings. The molecule has 0 spiro atoms. The molecule has 1 saturated carbocycles. The summed E-state index contributed by atoms with van der Waals surface area (Å²) in [6, 6.07) is 2.23. The number of hydrogen-bond acceptors (Lipinski definition) is 3. The zero-order chi connectivity index (χ0) is 22.3. The van der Waals surface area contributed by atoms with Crippen LogP contribution in [0.2, 0.25) is 5.02 Å². The van der Waals surface area contributed by atoms with Gasteiger partial charge in [0.25, 0.3) is 0 Å². The van der Waals surface area contributed by atoms with Crippen LogP contribution in [0.25, 0.3) is 0 Å². The van der Waals surface area contributed by atoms with Crippen LogP contribution < -0.4 is 16.4 Å². The van der Waals surface area contributed by atoms with E-state index in [0.717, 1.165) is 25.0 Å². The van der Waals surface area contributed by atoms with Gasteiger partial charge in [-0.3, -0.25) is 14.4 Å². The third kappa shape index (κ3) is 10.7. The second-order valence-corrected chi connectivity index (χ2v) is 6.75. The molecule has 164 valence electrons. The van der Waals surface area contributed by atoms with Crippen molar-refractivity contribution in [2.24, 2.45) is 5.73 Å². The Kier molecular flexibility index (Phi) is 13.5. The first kappa shape index (κ1) is 26.7. The van der Waals surface area contributed by atoms with Crippen LogP contribution in [0.15, 0.2) is 12.1 Å². The van der Waals surface area contributed by atoms with Crippen molar-refractivity contribution in [2.75, 3.05) is 13.6 Å². The lowest BCUT2D eigenvalue weighted by Gasteiger charge is -2.19. The molecule has 3 amide bonds. The van der Waals surface area contributed by atoms with E-state index < -0.39 is 17.3 Å². The number of amides is 3. The van der Waals surface area contributed by atoms with Gasteiger partial charge in [0.05, 0.1) is 5.02 Å². The van der Waals surface area contributed by atoms with Gasteiger partial charge in [-0.1, -0.05) is 24.4 Å². The minimum atomic E-state index is -1.47. The Labute approximate surface area is 173 Å². The number of nitrogens with one attached hydrogen (secondary N) is 2. The van der Waals surface area contributed by atoms with E-state index in [4.69, 9.17) is 16.4 Å². The Morgan fingerprint density at radius 1 is 1.28 bits per heavy atom. The maximum Gasteiger partial charge on any atom is 0.219 e. The predicted octanol–water partition coefficient (Wildman–Crippen LogP) is 2.80. The molecule has 0 heterocycles. The zero-order valence-corrected chi connectivity index (χ0v) is 17.0. The molecule has 0 bridgehead atoms. The number of halogens is 4. The van der Waals surface area contributed by atoms with Crippen LogP contribution >= 0.6 is 11.6 Å². The summed E-state index contributed by atoms with van der Waals surface area (Å²) in [6.07, 6.45) is 4.13. The Morgan fingerprint density at radius 2 is 1.86 bits per heavy atom. The molecule has 0 unspecified atom stereocenters. The molecular formula is C19H27ClF3N3O3. The molecule has 1 aliphatic rings. The molecule has 4 N–H and O–H groups in total. The lowest BCUT2D eigenvalue weighted by molar-refractivity contribution is -0.120. The molecule has 2 rings (SSSR count). The normalized spacial score (nSPS) is 13.8. The molecule has 1 aromatic rings. The number of benzene rings is 1. The Balaban J connectivity index is 0.000000520. The molecule has 1 aliphatic carbocycles. The smallest absolute Gasteiger partial charge is 0.219 e. The van der Waals surface area contributed by atoms with Crippen molar-refractivity contribution in [3.8, 4) is 0 Å². The highest BCUT2D eigenvalue weighted by atomic mass is 35.5. The van der Waals surface area contributed by atoms with Crippen LogP contribution in [0.3, 0.4) is 0 Å². The molecular weight excluding hydrogens is 411 g/mol. The molecule has 0 aliphatic heterocycles. The maximum atomic E-state index is 14.1. The average molecular weight is 438 g/mol. The van der Waals surface area contributed by atoms with E-state index >= 15 is 0 Å². The number of nitrogens with two attached hydrogens (primary N) is 1. The van der Waals surface area contributed by atoms with Crippen LogP contribution in [0.4, 0.5) is 13.2 Å². The van der Waals surface area contributed by atoms with E-state index in [1.54, 1.807) is 7.05 Å². The van der Waals surface area contributed by atoms with E-state index in [0.29, 0.717) is 38.6 Å². The first-order valence-electron chi connectivity index (χ1n) is 9.09. The van der Waals surface area contributed by atoms with Crippen LogP contribution in [0.5, 0.6) is 0 Å². The van der Waals surface area contributed by atoms with E-state index in [-0.39, 0.29) is 29.3 Å². The van der Waals surface area contributed by atoms with E-state index in [1.807, 2.05) is 0 Å². The molecule has 6 nitrogen and oxygen atoms in total. The van der Waals surface area contributed by atoms with Crippen molar-refractivity contribution in [2.45, 2.75) is 50.6 Å². The monoisotopic (exact) mass is 437 g/mol. The van der Waals surface area contributed by atoms with Gasteiger partial charge in [-0.15, -0.1) is 0 Å². The van der Waals surface area contributed by atoms with Gasteiger partial charge < -0.3 is 16.4 Å². The Hall–Kier alpha value is -2.29. The third-order valence-electron chi connectivity index (χ3n) is 4.22. The predicted molar refractivity (Wildman–Crippen MR) is 105 cm³/mol. The summed E-state index contributed by atoms with van der Waals surface area (Å²) < 4.78 is 41.0. The lowest BCUT2D eigenvalue weighted by atomic mass is 9.94. The van der Waals surface area contributed by atoms with Gasteiger partial charge in [-0.2, -0.15) is 0 Å². The number of rotatable bonds is 7. The summed E-state index contributed by atoms with van der Waals surface area (Å²) in [5.41, 5.74) is 2.48. The highest BCUT2D eigenvalue weighted by Crippen LogP contribution is 2.38. The van der Waals surface area contributed by atoms with Crippen LogP contribution in [0.1, 0.15) is 44.1 Å². The summed E-state index contributed by atoms with van der Waals surface area (Å²) in [5, 5.41) is 4.80. The van der Waals surface area contributed by atoms with Crippen LogP contribution in [0, 0.1) is 11.6 Å². The summed E-state index contributed by atoms with van der Waals surface area (Å²) in [4.78, 5) is 28.8. The second-order valence-electron chi connectivity index (χ2n) is 6.34. The van der Waals surface area contributed by atoms with Gasteiger partial charge in [-0.25, -0.2) is 13.2 Å². The first-order chi connectivity index (χ1) is 13.7. The van der Waals surface area contributed by atoms with Gasteiger partial charge in [0.1, 0.15) is 17.3 Å². The molecule has 1 aromatic carbocycles. The van der Waals surface area contributed by atoms with Gasteiger partial charge in [0, 0.05) is 32.0 Å². The van der Waals surface area contributed by atoms with E-state index in [1.165, 1.54) is 0 Å². The van der Waals surface area contributed by atoms with Gasteiger partial charge in [-0.05, 0) is 31.4 Å². The Bertz CT molecular complexity index is 657. The molecule has 0 aromatic heterocycles. The summed E-state index contributed by atoms with van der Waals surface area (Å²) >= 11 is 5.55. The summed E-state index contributed by atoms with van der Waals surface area (Å²) in [7, 11) is 1.59. The fraction of sp³-hybridized carbons (Fsp3) is 0.526. The van der Waals surface area contributed by atoms with Crippen LogP contribution in [-0.4, -0.2) is 38.0 Å². The molecule has 0 atom stereocenters. The van der Waals surface area contributed by atoms with Crippen LogP contribution in [-0.2, 0) is 20.8 Å². The second kappa shape index (κ2) is 14.7. The molecule has 29 heavy (non-hydrogen) atoms. The Morgan fingerprint density at radius 3 is 2.38 bits per heavy atom. The molecule has 0 saturated heterocycles. The number of primary amides is 1. The maximum absolute atomic E-state index is 14.1. The number of hydrogen-bond donors (Lipinski definition) is 3. The number of carbonyl (C=O) groups excluding carboxylic acids is 3. The SMILES string of the molecule is CNC(=O)CCCNC=O.Fc1ccc(Cl)c(F)c1CC1(F)CCCC1.NC=O. The highest BCUT2D eigenvalue weighted by Gasteiger charge is 2.35. The van der Waals surface area contributed by atoms with E-state index in [2.05, 4.69) is 16.4 Å². The minimum absolute atomic E-state index is 0.00713. The largest absolute Gasteiger partial charge is 0.372 e. The topological polar surface area (TPSA) is 101 Å². The zero-order valence-electron chi connectivity index (χ0n) is 16.3. The van der Waals surface area contributed by atoms with Crippen molar-refractivity contribution in [3.05, 3.63) is 34.4 Å². The number of carbonyl (C=O) groups is 3. The summed E-state index contributed by atoms with van der Waals surface area (Å²) in [6.45, 7) is 0.566. The lowest BCUT2D eigenvalue weighted by Crippen LogP contribution is -2.22. The van der Waals surface area contributed by atoms with Crippen molar-refractivity contribution < 1.29 is 27.6 Å². The minimum Gasteiger partial charge on any atom is -0.372 e. The average Bonchev–Trinajstić information content (AvgIpc) is 3.13. The fourth-order valence-corrected chi connectivity index (χ4v) is 2.95. The van der Waals surface area contributed by atoms with Gasteiger partial charge in [0.15, 0.2) is 0 Å². The van der Waals surface area contributed by atoms with E-state index in [9.17, 15) is 22.8 Å². The number of alkyl halides is 1. The standard InChI is InChI=1S/C12H12ClF3.C6H12N2O2.CH3NO/c13-9-3-4-10(14)8(11(9)15)7-12(16)5-1-2-6-12;1-7-6(10)3-2-4-8-5-9;2-1-3/h3-4H,1-2,5-7H2;5H,2-4H2,1H3,(H,7,10)(H,8,9);1H,(H2,2,3). The molecule has 0 radical (unpaired) electrons. The van der Waals surface area contributed by atoms with Crippen molar-refractivity contribution in [3.63, 3.8) is 0 Å². The van der Waals surface area contributed by atoms with Crippen molar-refractivity contribution in [1.82, 2.24) is 10.6 Å². The first-order valence-corrected chi connectivity index (χ1v) is 9.46. The molecule has 10 heteroatoms. The fourth-order valence-electron chi connectivity index (χ4n) is 2.77. The third-order valence-corrected chi connectivity index (χ3v) is 4.51. The van der Waals surface area contributed by atoms with Gasteiger partial charge >= 0.3 is 0 Å². The van der Waals surface area contributed by atoms with Crippen molar-refractivity contribution in [1.29, 1.82) is 0 Å². The van der Waals surface area contributed by atoms with Crippen molar-refractivity contribution >= 4 is 30.3 Å². The summed E-state index contributed by atoms with van der Waals surface area (Å²) in [5.74, 6) is -1.54. The quantitative estimate of drug-likeness (QED) is 0.347. The highest BCUT2D eigenvalue weighted by molar-refractivity contribution is 6.30.